The van der Waals surface area contributed by atoms with E-state index in [1.54, 1.807) is 18.7 Å². The molecule has 0 saturated carbocycles. The lowest BCUT2D eigenvalue weighted by Crippen LogP contribution is -2.32. The number of carbonyl (C=O) groups is 1. The van der Waals surface area contributed by atoms with Crippen molar-refractivity contribution in [3.63, 3.8) is 0 Å². The minimum Gasteiger partial charge on any atom is -0.335 e. The number of nitrogens with zero attached hydrogens (tertiary/aromatic N) is 1. The first kappa shape index (κ1) is 20.4. The van der Waals surface area contributed by atoms with Crippen molar-refractivity contribution in [3.05, 3.63) is 64.7 Å². The highest BCUT2D eigenvalue weighted by molar-refractivity contribution is 7.89. The van der Waals surface area contributed by atoms with Crippen LogP contribution in [0.15, 0.2) is 53.4 Å². The molecule has 2 aromatic carbocycles. The van der Waals surface area contributed by atoms with E-state index >= 15 is 0 Å². The van der Waals surface area contributed by atoms with Crippen molar-refractivity contribution in [2.24, 2.45) is 0 Å². The molecule has 0 aliphatic rings. The van der Waals surface area contributed by atoms with Crippen LogP contribution in [0.5, 0.6) is 0 Å². The second-order valence-electron chi connectivity index (χ2n) is 6.22. The average Bonchev–Trinajstić information content (AvgIpc) is 2.59. The SMILES string of the molecule is CCN(Cc1ccccc1)C(=O)c1cc(S(=O)(=O)NC(C)C)ccc1Cl. The molecule has 26 heavy (non-hydrogen) atoms. The van der Waals surface area contributed by atoms with Crippen LogP contribution in [0.4, 0.5) is 0 Å². The summed E-state index contributed by atoms with van der Waals surface area (Å²) in [5.74, 6) is -0.303. The van der Waals surface area contributed by atoms with Crippen molar-refractivity contribution in [2.75, 3.05) is 6.54 Å². The summed E-state index contributed by atoms with van der Waals surface area (Å²) >= 11 is 6.19. The van der Waals surface area contributed by atoms with Crippen molar-refractivity contribution in [1.29, 1.82) is 0 Å². The van der Waals surface area contributed by atoms with Crippen LogP contribution in [-0.4, -0.2) is 31.8 Å². The Labute approximate surface area is 160 Å². The highest BCUT2D eigenvalue weighted by Crippen LogP contribution is 2.23. The molecule has 140 valence electrons. The van der Waals surface area contributed by atoms with E-state index in [4.69, 9.17) is 11.6 Å². The minimum absolute atomic E-state index is 0.0229. The summed E-state index contributed by atoms with van der Waals surface area (Å²) in [6, 6.07) is 13.5. The number of carbonyl (C=O) groups excluding carboxylic acids is 1. The molecule has 1 amide bonds. The van der Waals surface area contributed by atoms with Gasteiger partial charge in [-0.25, -0.2) is 13.1 Å². The highest BCUT2D eigenvalue weighted by atomic mass is 35.5. The fourth-order valence-electron chi connectivity index (χ4n) is 2.52. The predicted octanol–water partition coefficient (Wildman–Crippen LogP) is 3.69. The molecule has 0 aromatic heterocycles. The Morgan fingerprint density at radius 2 is 1.81 bits per heavy atom. The topological polar surface area (TPSA) is 66.5 Å². The number of hydrogen-bond donors (Lipinski definition) is 1. The summed E-state index contributed by atoms with van der Waals surface area (Å²) in [6.45, 7) is 6.24. The average molecular weight is 395 g/mol. The molecule has 2 aromatic rings. The van der Waals surface area contributed by atoms with Gasteiger partial charge in [0.05, 0.1) is 15.5 Å². The Morgan fingerprint density at radius 1 is 1.15 bits per heavy atom. The molecule has 7 heteroatoms. The van der Waals surface area contributed by atoms with Gasteiger partial charge in [0.25, 0.3) is 5.91 Å². The second-order valence-corrected chi connectivity index (χ2v) is 8.34. The molecule has 0 spiro atoms. The number of benzene rings is 2. The summed E-state index contributed by atoms with van der Waals surface area (Å²) in [7, 11) is -3.70. The summed E-state index contributed by atoms with van der Waals surface area (Å²) in [6.07, 6.45) is 0. The first-order valence-electron chi connectivity index (χ1n) is 8.39. The zero-order chi connectivity index (χ0) is 19.3. The Hall–Kier alpha value is -1.89. The molecule has 0 aliphatic heterocycles. The number of nitrogens with one attached hydrogen (secondary N) is 1. The fraction of sp³-hybridized carbons (Fsp3) is 0.316. The van der Waals surface area contributed by atoms with Crippen molar-refractivity contribution in [1.82, 2.24) is 9.62 Å². The van der Waals surface area contributed by atoms with Crippen LogP contribution in [0.25, 0.3) is 0 Å². The molecule has 2 rings (SSSR count). The summed E-state index contributed by atoms with van der Waals surface area (Å²) in [4.78, 5) is 14.6. The van der Waals surface area contributed by atoms with Crippen LogP contribution in [-0.2, 0) is 16.6 Å². The van der Waals surface area contributed by atoms with E-state index in [-0.39, 0.29) is 27.4 Å². The Morgan fingerprint density at radius 3 is 2.38 bits per heavy atom. The van der Waals surface area contributed by atoms with Gasteiger partial charge in [0.2, 0.25) is 10.0 Å². The van der Waals surface area contributed by atoms with Gasteiger partial charge in [0.15, 0.2) is 0 Å². The van der Waals surface area contributed by atoms with Gasteiger partial charge in [-0.05, 0) is 44.5 Å². The van der Waals surface area contributed by atoms with Gasteiger partial charge in [-0.15, -0.1) is 0 Å². The molecule has 0 saturated heterocycles. The molecule has 0 radical (unpaired) electrons. The summed E-state index contributed by atoms with van der Waals surface area (Å²) < 4.78 is 27.3. The van der Waals surface area contributed by atoms with Crippen molar-refractivity contribution in [3.8, 4) is 0 Å². The lowest BCUT2D eigenvalue weighted by Gasteiger charge is -2.22. The maximum atomic E-state index is 12.9. The highest BCUT2D eigenvalue weighted by Gasteiger charge is 2.22. The largest absolute Gasteiger partial charge is 0.335 e. The van der Waals surface area contributed by atoms with Gasteiger partial charge in [-0.2, -0.15) is 0 Å². The maximum Gasteiger partial charge on any atom is 0.255 e. The smallest absolute Gasteiger partial charge is 0.255 e. The molecule has 0 fully saturated rings. The molecule has 5 nitrogen and oxygen atoms in total. The standard InChI is InChI=1S/C19H23ClN2O3S/c1-4-22(13-15-8-6-5-7-9-15)19(23)17-12-16(10-11-18(17)20)26(24,25)21-14(2)3/h5-12,14,21H,4,13H2,1-3H3. The second kappa shape index (κ2) is 8.66. The number of amides is 1. The van der Waals surface area contributed by atoms with E-state index in [2.05, 4.69) is 4.72 Å². The minimum atomic E-state index is -3.70. The van der Waals surface area contributed by atoms with E-state index in [0.717, 1.165) is 5.56 Å². The van der Waals surface area contributed by atoms with E-state index in [1.807, 2.05) is 37.3 Å². The van der Waals surface area contributed by atoms with E-state index in [9.17, 15) is 13.2 Å². The van der Waals surface area contributed by atoms with E-state index in [0.29, 0.717) is 13.1 Å². The lowest BCUT2D eigenvalue weighted by atomic mass is 10.1. The first-order valence-corrected chi connectivity index (χ1v) is 10.3. The number of sulfonamides is 1. The van der Waals surface area contributed by atoms with Crippen LogP contribution in [0.1, 0.15) is 36.7 Å². The molecule has 0 atom stereocenters. The maximum absolute atomic E-state index is 12.9. The zero-order valence-electron chi connectivity index (χ0n) is 15.1. The summed E-state index contributed by atoms with van der Waals surface area (Å²) in [5.41, 5.74) is 1.17. The van der Waals surface area contributed by atoms with Crippen LogP contribution in [0, 0.1) is 0 Å². The molecular formula is C19H23ClN2O3S. The van der Waals surface area contributed by atoms with Gasteiger partial charge in [0, 0.05) is 19.1 Å². The van der Waals surface area contributed by atoms with Crippen molar-refractivity contribution in [2.45, 2.75) is 38.3 Å². The first-order chi connectivity index (χ1) is 12.2. The third kappa shape index (κ3) is 5.06. The van der Waals surface area contributed by atoms with Crippen LogP contribution in [0.3, 0.4) is 0 Å². The van der Waals surface area contributed by atoms with Crippen LogP contribution < -0.4 is 4.72 Å². The molecule has 1 N–H and O–H groups in total. The van der Waals surface area contributed by atoms with Gasteiger partial charge in [-0.1, -0.05) is 41.9 Å². The van der Waals surface area contributed by atoms with Crippen molar-refractivity contribution >= 4 is 27.5 Å². The molecular weight excluding hydrogens is 372 g/mol. The number of hydrogen-bond acceptors (Lipinski definition) is 3. The fourth-order valence-corrected chi connectivity index (χ4v) is 3.99. The molecule has 0 heterocycles. The third-order valence-electron chi connectivity index (χ3n) is 3.75. The van der Waals surface area contributed by atoms with Gasteiger partial charge in [-0.3, -0.25) is 4.79 Å². The Kier molecular flexibility index (Phi) is 6.81. The number of halogens is 1. The third-order valence-corrected chi connectivity index (χ3v) is 5.74. The van der Waals surface area contributed by atoms with Crippen LogP contribution >= 0.6 is 11.6 Å². The van der Waals surface area contributed by atoms with Gasteiger partial charge < -0.3 is 4.90 Å². The Bertz CT molecular complexity index is 868. The predicted molar refractivity (Wildman–Crippen MR) is 104 cm³/mol. The molecule has 0 aliphatic carbocycles. The van der Waals surface area contributed by atoms with Gasteiger partial charge in [0.1, 0.15) is 0 Å². The molecule has 0 unspecified atom stereocenters. The van der Waals surface area contributed by atoms with E-state index < -0.39 is 10.0 Å². The van der Waals surface area contributed by atoms with E-state index in [1.165, 1.54) is 18.2 Å². The van der Waals surface area contributed by atoms with Gasteiger partial charge >= 0.3 is 0 Å². The zero-order valence-corrected chi connectivity index (χ0v) is 16.6. The molecule has 0 bridgehead atoms. The van der Waals surface area contributed by atoms with Crippen molar-refractivity contribution < 1.29 is 13.2 Å². The monoisotopic (exact) mass is 394 g/mol. The normalized spacial score (nSPS) is 11.6. The summed E-state index contributed by atoms with van der Waals surface area (Å²) in [5, 5.41) is 0.227. The quantitative estimate of drug-likeness (QED) is 0.778. The van der Waals surface area contributed by atoms with Crippen LogP contribution in [0.2, 0.25) is 5.02 Å². The number of rotatable bonds is 7. The Balaban J connectivity index is 2.34. The lowest BCUT2D eigenvalue weighted by molar-refractivity contribution is 0.0752.